The number of fused-ring (bicyclic) bond motifs is 4. The Balaban J connectivity index is 0.000000118. The van der Waals surface area contributed by atoms with Crippen LogP contribution in [0.15, 0.2) is 245 Å². The summed E-state index contributed by atoms with van der Waals surface area (Å²) in [5.41, 5.74) is 19.0. The van der Waals surface area contributed by atoms with E-state index in [1.54, 1.807) is 110 Å². The lowest BCUT2D eigenvalue weighted by atomic mass is 10.0. The Morgan fingerprint density at radius 2 is 0.729 bits per heavy atom. The molecule has 0 bridgehead atoms. The summed E-state index contributed by atoms with van der Waals surface area (Å²) >= 11 is 0. The van der Waals surface area contributed by atoms with Gasteiger partial charge in [-0.1, -0.05) is 24.3 Å². The monoisotopic (exact) mass is 1570 g/mol. The van der Waals surface area contributed by atoms with E-state index >= 15 is 0 Å². The number of carbonyl (C=O) groups is 5. The molecular formula is C88H80N24O6. The molecule has 2 aliphatic heterocycles. The Labute approximate surface area is 675 Å². The number of H-pyrrole nitrogens is 4. The molecule has 12 aromatic heterocycles. The fraction of sp³-hybridized carbons (Fsp3) is 0.170. The number of morpholine rings is 1. The maximum absolute atomic E-state index is 12.8. The second-order valence-corrected chi connectivity index (χ2v) is 28.7. The number of nitrogens with zero attached hydrogens (tertiary/aromatic N) is 15. The van der Waals surface area contributed by atoms with E-state index in [9.17, 15) is 24.0 Å². The molecule has 4 aromatic carbocycles. The van der Waals surface area contributed by atoms with E-state index in [0.717, 1.165) is 159 Å². The zero-order chi connectivity index (χ0) is 80.7. The summed E-state index contributed by atoms with van der Waals surface area (Å²) in [6.07, 6.45) is 32.0. The number of likely N-dealkylation sites (tertiary alicyclic amines) is 1. The average molecular weight is 1570 g/mol. The normalized spacial score (nSPS) is 13.2. The van der Waals surface area contributed by atoms with E-state index in [0.29, 0.717) is 56.6 Å². The van der Waals surface area contributed by atoms with E-state index in [4.69, 9.17) is 4.74 Å². The molecule has 1 aliphatic carbocycles. The number of aromatic nitrogens is 16. The molecule has 588 valence electrons. The quantitative estimate of drug-likeness (QED) is 0.0363. The Morgan fingerprint density at radius 1 is 0.373 bits per heavy atom. The van der Waals surface area contributed by atoms with E-state index < -0.39 is 0 Å². The van der Waals surface area contributed by atoms with Crippen LogP contribution >= 0.6 is 0 Å². The lowest BCUT2D eigenvalue weighted by Crippen LogP contribution is -2.36. The van der Waals surface area contributed by atoms with Crippen molar-refractivity contribution in [1.82, 2.24) is 90.5 Å². The van der Waals surface area contributed by atoms with Crippen LogP contribution in [-0.4, -0.2) is 173 Å². The number of amides is 5. The molecule has 0 radical (unpaired) electrons. The van der Waals surface area contributed by atoms with Gasteiger partial charge in [0.15, 0.2) is 22.8 Å². The second-order valence-electron chi connectivity index (χ2n) is 28.7. The minimum Gasteiger partial charge on any atom is -0.378 e. The highest BCUT2D eigenvalue weighted by Gasteiger charge is 2.30. The summed E-state index contributed by atoms with van der Waals surface area (Å²) in [7, 11) is 4.05. The predicted molar refractivity (Wildman–Crippen MR) is 452 cm³/mol. The van der Waals surface area contributed by atoms with E-state index in [1.807, 2.05) is 130 Å². The molecular weight excluding hydrogens is 1490 g/mol. The van der Waals surface area contributed by atoms with Crippen molar-refractivity contribution in [2.45, 2.75) is 38.8 Å². The summed E-state index contributed by atoms with van der Waals surface area (Å²) in [6, 6.07) is 45.6. The van der Waals surface area contributed by atoms with Crippen molar-refractivity contribution in [2.75, 3.05) is 85.0 Å². The SMILES string of the molecule is CN(C)Cc1cncc(-c2ccc3[nH]nc(C(=O)Nc4ccncc4)c3c2)c1.O=C(Nc1ccncc1)c1n[nH]c2ccc(-c3cncc(CN4CCCC4)c3)cc12.O=C(Nc1ccncc1)c1n[nH]c2ccc(-c3cncc(N4CCOCC4)c3)cc12.O=C(Nc1ccncc1)c1n[nH]c2ccc(-c3cncc(NC(=O)C4CC4)c3)cc12. The molecule has 0 atom stereocenters. The molecule has 0 spiro atoms. The van der Waals surface area contributed by atoms with Gasteiger partial charge in [-0.3, -0.25) is 89.1 Å². The molecule has 14 heterocycles. The van der Waals surface area contributed by atoms with Crippen LogP contribution < -0.4 is 31.5 Å². The number of nitrogens with one attached hydrogen (secondary N) is 9. The Hall–Kier alpha value is -15.0. The van der Waals surface area contributed by atoms with Crippen LogP contribution in [0.2, 0.25) is 0 Å². The van der Waals surface area contributed by atoms with Crippen LogP contribution in [-0.2, 0) is 22.6 Å². The zero-order valence-electron chi connectivity index (χ0n) is 64.3. The minimum atomic E-state index is -0.312. The largest absolute Gasteiger partial charge is 0.378 e. The van der Waals surface area contributed by atoms with Crippen molar-refractivity contribution in [1.29, 1.82) is 0 Å². The number of ether oxygens (including phenoxy) is 1. The Bertz CT molecular complexity index is 6240. The van der Waals surface area contributed by atoms with Crippen LogP contribution in [0.4, 0.5) is 34.1 Å². The number of hydrogen-bond donors (Lipinski definition) is 9. The third-order valence-corrected chi connectivity index (χ3v) is 19.9. The van der Waals surface area contributed by atoms with Crippen LogP contribution in [0, 0.1) is 5.92 Å². The maximum Gasteiger partial charge on any atom is 0.276 e. The predicted octanol–water partition coefficient (Wildman–Crippen LogP) is 13.9. The first kappa shape index (κ1) is 77.0. The van der Waals surface area contributed by atoms with Gasteiger partial charge in [0.2, 0.25) is 5.91 Å². The number of carbonyl (C=O) groups excluding carboxylic acids is 5. The number of aromatic amines is 4. The highest BCUT2D eigenvalue weighted by Crippen LogP contribution is 2.35. The third kappa shape index (κ3) is 18.9. The summed E-state index contributed by atoms with van der Waals surface area (Å²) < 4.78 is 5.44. The zero-order valence-corrected chi connectivity index (χ0v) is 64.3. The van der Waals surface area contributed by atoms with Gasteiger partial charge in [0.25, 0.3) is 23.6 Å². The van der Waals surface area contributed by atoms with Crippen LogP contribution in [0.5, 0.6) is 0 Å². The molecule has 16 aromatic rings. The molecule has 3 fully saturated rings. The molecule has 5 amide bonds. The van der Waals surface area contributed by atoms with Crippen molar-refractivity contribution >= 4 is 107 Å². The van der Waals surface area contributed by atoms with Gasteiger partial charge in [-0.05, 0) is 208 Å². The van der Waals surface area contributed by atoms with Gasteiger partial charge in [-0.2, -0.15) is 20.4 Å². The molecule has 30 nitrogen and oxygen atoms in total. The van der Waals surface area contributed by atoms with Crippen LogP contribution in [0.1, 0.15) is 78.8 Å². The molecule has 19 rings (SSSR count). The number of anilines is 6. The topological polar surface area (TPSA) is 382 Å². The first-order valence-electron chi connectivity index (χ1n) is 38.4. The highest BCUT2D eigenvalue weighted by atomic mass is 16.5. The number of rotatable bonds is 19. The number of hydrogen-bond acceptors (Lipinski definition) is 21. The molecule has 0 unspecified atom stereocenters. The summed E-state index contributed by atoms with van der Waals surface area (Å²) in [5.74, 6) is -0.954. The second kappa shape index (κ2) is 36.0. The third-order valence-electron chi connectivity index (χ3n) is 19.9. The smallest absolute Gasteiger partial charge is 0.276 e. The first-order chi connectivity index (χ1) is 57.8. The number of pyridine rings is 8. The van der Waals surface area contributed by atoms with Gasteiger partial charge < -0.3 is 41.1 Å². The fourth-order valence-electron chi connectivity index (χ4n) is 13.8. The Kier molecular flexibility index (Phi) is 23.5. The molecule has 118 heavy (non-hydrogen) atoms. The molecule has 3 aliphatic rings. The molecule has 9 N–H and O–H groups in total. The van der Waals surface area contributed by atoms with Crippen LogP contribution in [0.25, 0.3) is 88.1 Å². The minimum absolute atomic E-state index is 0.0364. The van der Waals surface area contributed by atoms with Gasteiger partial charge in [-0.15, -0.1) is 0 Å². The Morgan fingerprint density at radius 3 is 1.12 bits per heavy atom. The lowest BCUT2D eigenvalue weighted by Gasteiger charge is -2.28. The standard InChI is InChI=1S/C23H22N6O.C22H20N6O2.C22H18N6O2.C21H20N6O/c30-23(26-19-5-7-24-8-6-19)22-20-12-17(3-4-21(20)27-28-22)18-11-16(13-25-14-18)15-29-9-1-2-10-29;29-22(25-17-3-5-23-6-4-17)21-19-12-15(1-2-20(19)26-27-21)16-11-18(14-24-13-16)28-7-9-30-10-8-28;29-21(13-1-2-13)26-17-9-15(11-24-12-17)14-3-4-19-18(10-14)20(28-27-19)22(30)25-16-5-7-23-8-6-16;1-27(2)13-14-9-16(12-23-11-14)15-3-4-19-18(10-15)20(26-25-19)21(28)24-17-5-7-22-8-6-17/h3-8,11-14H,1-2,9-10,15H2,(H,27,28)(H,24,26,30);1-6,11-14H,7-10H2,(H,26,27)(H,23,25,29);3-13H,1-2H2,(H,26,29)(H,27,28)(H,23,25,30);3-12H,13H2,1-2H3,(H,25,26)(H,22,24,28). The van der Waals surface area contributed by atoms with E-state index in [2.05, 4.69) is 140 Å². The van der Waals surface area contributed by atoms with Gasteiger partial charge >= 0.3 is 0 Å². The van der Waals surface area contributed by atoms with Gasteiger partial charge in [0.1, 0.15) is 0 Å². The van der Waals surface area contributed by atoms with Gasteiger partial charge in [0, 0.05) is 185 Å². The molecule has 2 saturated heterocycles. The maximum atomic E-state index is 12.8. The highest BCUT2D eigenvalue weighted by molar-refractivity contribution is 6.14. The van der Waals surface area contributed by atoms with E-state index in [1.165, 1.54) is 18.4 Å². The van der Waals surface area contributed by atoms with Crippen molar-refractivity contribution in [2.24, 2.45) is 5.92 Å². The van der Waals surface area contributed by atoms with Gasteiger partial charge in [0.05, 0.1) is 59.0 Å². The van der Waals surface area contributed by atoms with Crippen molar-refractivity contribution in [3.05, 3.63) is 279 Å². The molecule has 30 heteroatoms. The molecule has 1 saturated carbocycles. The first-order valence-corrected chi connectivity index (χ1v) is 38.4. The summed E-state index contributed by atoms with van der Waals surface area (Å²) in [5, 5.41) is 45.9. The summed E-state index contributed by atoms with van der Waals surface area (Å²) in [6.45, 7) is 7.20. The van der Waals surface area contributed by atoms with Crippen molar-refractivity contribution < 1.29 is 28.7 Å². The van der Waals surface area contributed by atoms with E-state index in [-0.39, 0.29) is 35.5 Å². The van der Waals surface area contributed by atoms with Crippen molar-refractivity contribution in [3.8, 4) is 44.5 Å². The lowest BCUT2D eigenvalue weighted by molar-refractivity contribution is -0.117. The average Bonchev–Trinajstić information content (AvgIpc) is 1.64. The van der Waals surface area contributed by atoms with Gasteiger partial charge in [-0.25, -0.2) is 0 Å². The number of benzene rings is 4. The fourth-order valence-corrected chi connectivity index (χ4v) is 13.8. The van der Waals surface area contributed by atoms with Crippen molar-refractivity contribution in [3.63, 3.8) is 0 Å². The summed E-state index contributed by atoms with van der Waals surface area (Å²) in [4.78, 5) is 103. The van der Waals surface area contributed by atoms with Crippen LogP contribution in [0.3, 0.4) is 0 Å².